The lowest BCUT2D eigenvalue weighted by Crippen LogP contribution is -1.98. The summed E-state index contributed by atoms with van der Waals surface area (Å²) in [6, 6.07) is 0. The number of carbonyl (C=O) groups excluding carboxylic acids is 2. The maximum Gasteiger partial charge on any atom is 0.302 e. The quantitative estimate of drug-likeness (QED) is 0.288. The number of carbonyl (C=O) groups is 2. The average Bonchev–Trinajstić information content (AvgIpc) is 2.46. The maximum atomic E-state index is 10.5. The fraction of sp³-hybridized carbons (Fsp3) is 0.667. The molecule has 0 aromatic carbocycles. The van der Waals surface area contributed by atoms with E-state index in [0.29, 0.717) is 13.2 Å². The third-order valence-corrected chi connectivity index (χ3v) is 3.00. The van der Waals surface area contributed by atoms with Crippen molar-refractivity contribution in [1.29, 1.82) is 0 Å². The molecule has 0 rings (SSSR count). The van der Waals surface area contributed by atoms with Crippen LogP contribution in [0, 0.1) is 0 Å². The van der Waals surface area contributed by atoms with E-state index in [2.05, 4.69) is 24.3 Å². The van der Waals surface area contributed by atoms with Crippen LogP contribution < -0.4 is 0 Å². The van der Waals surface area contributed by atoms with Gasteiger partial charge in [-0.15, -0.1) is 0 Å². The lowest BCUT2D eigenvalue weighted by molar-refractivity contribution is -0.141. The van der Waals surface area contributed by atoms with Crippen LogP contribution in [0.1, 0.15) is 65.2 Å². The fourth-order valence-electron chi connectivity index (χ4n) is 1.89. The molecule has 126 valence electrons. The van der Waals surface area contributed by atoms with Gasteiger partial charge in [0.1, 0.15) is 0 Å². The van der Waals surface area contributed by atoms with Crippen molar-refractivity contribution < 1.29 is 19.1 Å². The monoisotopic (exact) mass is 310 g/mol. The first kappa shape index (κ1) is 20.4. The molecule has 0 amide bonds. The van der Waals surface area contributed by atoms with Crippen molar-refractivity contribution in [1.82, 2.24) is 0 Å². The summed E-state index contributed by atoms with van der Waals surface area (Å²) in [5, 5.41) is 0. The minimum Gasteiger partial charge on any atom is -0.466 e. The molecule has 0 aliphatic heterocycles. The Morgan fingerprint density at radius 2 is 1.00 bits per heavy atom. The van der Waals surface area contributed by atoms with Crippen molar-refractivity contribution >= 4 is 11.9 Å². The lowest BCUT2D eigenvalue weighted by atomic mass is 10.1. The predicted molar refractivity (Wildman–Crippen MR) is 88.5 cm³/mol. The average molecular weight is 310 g/mol. The van der Waals surface area contributed by atoms with Gasteiger partial charge in [-0.05, 0) is 38.5 Å². The van der Waals surface area contributed by atoms with Gasteiger partial charge in [-0.1, -0.05) is 37.1 Å². The third kappa shape index (κ3) is 18.4. The molecule has 0 atom stereocenters. The molecule has 0 unspecified atom stereocenters. The fourth-order valence-corrected chi connectivity index (χ4v) is 1.89. The molecule has 0 N–H and O–H groups in total. The van der Waals surface area contributed by atoms with Crippen LogP contribution in [0.15, 0.2) is 24.3 Å². The second kappa shape index (κ2) is 15.8. The first-order valence-corrected chi connectivity index (χ1v) is 8.19. The largest absolute Gasteiger partial charge is 0.466 e. The molecule has 0 heterocycles. The summed E-state index contributed by atoms with van der Waals surface area (Å²) in [5.74, 6) is -0.428. The van der Waals surface area contributed by atoms with Gasteiger partial charge in [0.15, 0.2) is 0 Å². The molecule has 0 aliphatic rings. The van der Waals surface area contributed by atoms with Crippen molar-refractivity contribution in [3.63, 3.8) is 0 Å². The van der Waals surface area contributed by atoms with Crippen LogP contribution >= 0.6 is 0 Å². The van der Waals surface area contributed by atoms with Crippen LogP contribution in [0.5, 0.6) is 0 Å². The lowest BCUT2D eigenvalue weighted by Gasteiger charge is -1.99. The van der Waals surface area contributed by atoms with Gasteiger partial charge in [0, 0.05) is 13.8 Å². The SMILES string of the molecule is CC(=O)OCCC=CCCCCCCC=CCCOC(C)=O. The van der Waals surface area contributed by atoms with Gasteiger partial charge >= 0.3 is 11.9 Å². The van der Waals surface area contributed by atoms with Gasteiger partial charge in [0.05, 0.1) is 13.2 Å². The highest BCUT2D eigenvalue weighted by Gasteiger charge is 1.91. The molecule has 0 saturated heterocycles. The smallest absolute Gasteiger partial charge is 0.302 e. The molecule has 0 saturated carbocycles. The van der Waals surface area contributed by atoms with Gasteiger partial charge in [0.2, 0.25) is 0 Å². The Bertz CT molecular complexity index is 311. The second-order valence-electron chi connectivity index (χ2n) is 5.19. The van der Waals surface area contributed by atoms with Crippen molar-refractivity contribution in [2.45, 2.75) is 65.2 Å². The molecular formula is C18H30O4. The normalized spacial score (nSPS) is 11.2. The van der Waals surface area contributed by atoms with Gasteiger partial charge in [-0.3, -0.25) is 9.59 Å². The Morgan fingerprint density at radius 1 is 0.636 bits per heavy atom. The number of hydrogen-bond donors (Lipinski definition) is 0. The van der Waals surface area contributed by atoms with Crippen LogP contribution in [0.2, 0.25) is 0 Å². The highest BCUT2D eigenvalue weighted by molar-refractivity contribution is 5.66. The highest BCUT2D eigenvalue weighted by Crippen LogP contribution is 2.07. The van der Waals surface area contributed by atoms with Crippen LogP contribution in [-0.4, -0.2) is 25.2 Å². The highest BCUT2D eigenvalue weighted by atomic mass is 16.5. The molecule has 4 heteroatoms. The minimum absolute atomic E-state index is 0.214. The van der Waals surface area contributed by atoms with E-state index in [4.69, 9.17) is 9.47 Å². The molecule has 0 aromatic rings. The topological polar surface area (TPSA) is 52.6 Å². The van der Waals surface area contributed by atoms with E-state index in [1.165, 1.54) is 39.5 Å². The first-order chi connectivity index (χ1) is 10.6. The zero-order valence-corrected chi connectivity index (χ0v) is 14.0. The van der Waals surface area contributed by atoms with Gasteiger partial charge in [0.25, 0.3) is 0 Å². The van der Waals surface area contributed by atoms with Crippen LogP contribution in [0.25, 0.3) is 0 Å². The van der Waals surface area contributed by atoms with Gasteiger partial charge in [-0.2, -0.15) is 0 Å². The van der Waals surface area contributed by atoms with E-state index in [1.807, 2.05) is 0 Å². The third-order valence-electron chi connectivity index (χ3n) is 3.00. The van der Waals surface area contributed by atoms with Crippen LogP contribution in [0.3, 0.4) is 0 Å². The summed E-state index contributed by atoms with van der Waals surface area (Å²) in [6.45, 7) is 3.82. The number of esters is 2. The van der Waals surface area contributed by atoms with Gasteiger partial charge < -0.3 is 9.47 Å². The summed E-state index contributed by atoms with van der Waals surface area (Å²) in [5.41, 5.74) is 0. The summed E-state index contributed by atoms with van der Waals surface area (Å²) < 4.78 is 9.68. The zero-order chi connectivity index (χ0) is 16.5. The minimum atomic E-state index is -0.214. The molecule has 22 heavy (non-hydrogen) atoms. The summed E-state index contributed by atoms with van der Waals surface area (Å²) in [4.78, 5) is 21.1. The molecule has 4 nitrogen and oxygen atoms in total. The van der Waals surface area contributed by atoms with E-state index in [9.17, 15) is 9.59 Å². The summed E-state index contributed by atoms with van der Waals surface area (Å²) in [7, 11) is 0. The number of rotatable bonds is 13. The molecule has 0 aliphatic carbocycles. The van der Waals surface area contributed by atoms with E-state index < -0.39 is 0 Å². The standard InChI is InChI=1S/C18H30O4/c1-17(19)21-15-13-11-9-7-5-3-4-6-8-10-12-14-16-22-18(2)20/h9-12H,3-8,13-16H2,1-2H3. The molecule has 0 radical (unpaired) electrons. The van der Waals surface area contributed by atoms with Crippen molar-refractivity contribution in [2.75, 3.05) is 13.2 Å². The van der Waals surface area contributed by atoms with Crippen molar-refractivity contribution in [3.05, 3.63) is 24.3 Å². The van der Waals surface area contributed by atoms with E-state index in [-0.39, 0.29) is 11.9 Å². The molecular weight excluding hydrogens is 280 g/mol. The first-order valence-electron chi connectivity index (χ1n) is 8.19. The van der Waals surface area contributed by atoms with Crippen LogP contribution in [-0.2, 0) is 19.1 Å². The Morgan fingerprint density at radius 3 is 1.36 bits per heavy atom. The molecule has 0 spiro atoms. The molecule has 0 fully saturated rings. The van der Waals surface area contributed by atoms with E-state index in [1.54, 1.807) is 0 Å². The summed E-state index contributed by atoms with van der Waals surface area (Å²) >= 11 is 0. The van der Waals surface area contributed by atoms with E-state index >= 15 is 0 Å². The Kier molecular flexibility index (Phi) is 14.7. The summed E-state index contributed by atoms with van der Waals surface area (Å²) in [6.07, 6.45) is 17.2. The number of hydrogen-bond acceptors (Lipinski definition) is 4. The Labute approximate surface area is 134 Å². The Hall–Kier alpha value is -1.58. The number of unbranched alkanes of at least 4 members (excludes halogenated alkanes) is 5. The predicted octanol–water partition coefficient (Wildman–Crippen LogP) is 4.35. The maximum absolute atomic E-state index is 10.5. The van der Waals surface area contributed by atoms with E-state index in [0.717, 1.165) is 25.7 Å². The van der Waals surface area contributed by atoms with Crippen LogP contribution in [0.4, 0.5) is 0 Å². The zero-order valence-electron chi connectivity index (χ0n) is 14.0. The molecule has 0 bridgehead atoms. The number of allylic oxidation sites excluding steroid dienone is 2. The molecule has 0 aromatic heterocycles. The van der Waals surface area contributed by atoms with Gasteiger partial charge in [-0.25, -0.2) is 0 Å². The second-order valence-corrected chi connectivity index (χ2v) is 5.19. The number of ether oxygens (including phenoxy) is 2. The van der Waals surface area contributed by atoms with Crippen molar-refractivity contribution in [2.24, 2.45) is 0 Å². The van der Waals surface area contributed by atoms with Crippen molar-refractivity contribution in [3.8, 4) is 0 Å². The Balaban J connectivity index is 3.19.